The average molecular weight is 278 g/mol. The molecule has 0 aromatic heterocycles. The maximum atomic E-state index is 10.7. The Morgan fingerprint density at radius 3 is 2.79 bits per heavy atom. The van der Waals surface area contributed by atoms with Crippen LogP contribution < -0.4 is 11.5 Å². The first-order valence-corrected chi connectivity index (χ1v) is 5.16. The van der Waals surface area contributed by atoms with Crippen molar-refractivity contribution in [3.63, 3.8) is 0 Å². The minimum absolute atomic E-state index is 0.0934. The molecule has 1 aromatic rings. The molecule has 0 aliphatic heterocycles. The number of halogens is 2. The number of amides is 1. The van der Waals surface area contributed by atoms with Crippen LogP contribution in [0.2, 0.25) is 5.02 Å². The first-order chi connectivity index (χ1) is 6.50. The Labute approximate surface area is 95.5 Å². The lowest BCUT2D eigenvalue weighted by atomic mass is 10.0. The number of carbonyl (C=O) groups is 1. The molecular formula is C9H10BrClN2O. The zero-order valence-corrected chi connectivity index (χ0v) is 9.68. The third kappa shape index (κ3) is 2.97. The fraction of sp³-hybridized carbons (Fsp3) is 0.222. The minimum Gasteiger partial charge on any atom is -0.370 e. The zero-order valence-electron chi connectivity index (χ0n) is 7.34. The van der Waals surface area contributed by atoms with Gasteiger partial charge in [-0.25, -0.2) is 0 Å². The van der Waals surface area contributed by atoms with Crippen molar-refractivity contribution in [1.29, 1.82) is 0 Å². The van der Waals surface area contributed by atoms with Crippen molar-refractivity contribution in [3.8, 4) is 0 Å². The molecule has 0 saturated carbocycles. The standard InChI is InChI=1S/C9H10BrClN2O/c10-5-1-2-7(11)6(3-5)8(12)4-9(13)14/h1-3,8H,4,12H2,(H2,13,14)/t8-/m1/s1. The zero-order chi connectivity index (χ0) is 10.7. The summed E-state index contributed by atoms with van der Waals surface area (Å²) in [5, 5.41) is 0.543. The van der Waals surface area contributed by atoms with Crippen LogP contribution in [-0.2, 0) is 4.79 Å². The summed E-state index contributed by atoms with van der Waals surface area (Å²) in [4.78, 5) is 10.7. The van der Waals surface area contributed by atoms with Crippen LogP contribution in [-0.4, -0.2) is 5.91 Å². The van der Waals surface area contributed by atoms with E-state index in [0.29, 0.717) is 5.02 Å². The van der Waals surface area contributed by atoms with E-state index in [4.69, 9.17) is 23.1 Å². The first-order valence-electron chi connectivity index (χ1n) is 3.99. The monoisotopic (exact) mass is 276 g/mol. The van der Waals surface area contributed by atoms with Crippen molar-refractivity contribution < 1.29 is 4.79 Å². The molecule has 14 heavy (non-hydrogen) atoms. The van der Waals surface area contributed by atoms with Gasteiger partial charge in [0.25, 0.3) is 0 Å². The number of rotatable bonds is 3. The number of hydrogen-bond acceptors (Lipinski definition) is 2. The Balaban J connectivity index is 2.93. The summed E-state index contributed by atoms with van der Waals surface area (Å²) in [6.07, 6.45) is 0.0934. The van der Waals surface area contributed by atoms with Gasteiger partial charge < -0.3 is 11.5 Å². The lowest BCUT2D eigenvalue weighted by Gasteiger charge is -2.11. The summed E-state index contributed by atoms with van der Waals surface area (Å²) in [6.45, 7) is 0. The fourth-order valence-corrected chi connectivity index (χ4v) is 1.76. The van der Waals surface area contributed by atoms with Gasteiger partial charge in [-0.05, 0) is 23.8 Å². The quantitative estimate of drug-likeness (QED) is 0.887. The molecule has 76 valence electrons. The summed E-state index contributed by atoms with van der Waals surface area (Å²) in [5.74, 6) is -0.437. The molecule has 1 aromatic carbocycles. The third-order valence-electron chi connectivity index (χ3n) is 1.78. The van der Waals surface area contributed by atoms with Gasteiger partial charge in [0.2, 0.25) is 5.91 Å². The van der Waals surface area contributed by atoms with E-state index in [-0.39, 0.29) is 6.42 Å². The number of benzene rings is 1. The maximum Gasteiger partial charge on any atom is 0.219 e. The van der Waals surface area contributed by atoms with E-state index in [2.05, 4.69) is 15.9 Å². The van der Waals surface area contributed by atoms with E-state index in [1.807, 2.05) is 6.07 Å². The van der Waals surface area contributed by atoms with Gasteiger partial charge >= 0.3 is 0 Å². The highest BCUT2D eigenvalue weighted by atomic mass is 79.9. The Hall–Kier alpha value is -0.580. The van der Waals surface area contributed by atoms with E-state index in [1.165, 1.54) is 0 Å². The first kappa shape index (κ1) is 11.5. The Morgan fingerprint density at radius 1 is 1.57 bits per heavy atom. The molecule has 3 nitrogen and oxygen atoms in total. The van der Waals surface area contributed by atoms with E-state index in [0.717, 1.165) is 10.0 Å². The van der Waals surface area contributed by atoms with Crippen molar-refractivity contribution in [3.05, 3.63) is 33.3 Å². The molecule has 5 heteroatoms. The average Bonchev–Trinajstić information content (AvgIpc) is 2.08. The highest BCUT2D eigenvalue weighted by molar-refractivity contribution is 9.10. The van der Waals surface area contributed by atoms with Crippen LogP contribution in [0.25, 0.3) is 0 Å². The SMILES string of the molecule is NC(=O)C[C@@H](N)c1cc(Br)ccc1Cl. The molecule has 1 amide bonds. The van der Waals surface area contributed by atoms with Crippen LogP contribution in [0.3, 0.4) is 0 Å². The molecular weight excluding hydrogens is 267 g/mol. The largest absolute Gasteiger partial charge is 0.370 e. The van der Waals surface area contributed by atoms with Crippen molar-refractivity contribution in [2.24, 2.45) is 11.5 Å². The summed E-state index contributed by atoms with van der Waals surface area (Å²) < 4.78 is 0.872. The summed E-state index contributed by atoms with van der Waals surface area (Å²) in [7, 11) is 0. The van der Waals surface area contributed by atoms with E-state index in [9.17, 15) is 4.79 Å². The van der Waals surface area contributed by atoms with Gasteiger partial charge in [-0.2, -0.15) is 0 Å². The van der Waals surface area contributed by atoms with Crippen LogP contribution in [0, 0.1) is 0 Å². The van der Waals surface area contributed by atoms with Crippen LogP contribution in [0.1, 0.15) is 18.0 Å². The molecule has 0 radical (unpaired) electrons. The highest BCUT2D eigenvalue weighted by Crippen LogP contribution is 2.26. The lowest BCUT2D eigenvalue weighted by molar-refractivity contribution is -0.118. The molecule has 0 unspecified atom stereocenters. The third-order valence-corrected chi connectivity index (χ3v) is 2.62. The van der Waals surface area contributed by atoms with Crippen LogP contribution >= 0.6 is 27.5 Å². The number of hydrogen-bond donors (Lipinski definition) is 2. The normalized spacial score (nSPS) is 12.5. The van der Waals surface area contributed by atoms with Gasteiger partial charge in [0, 0.05) is 22.0 Å². The van der Waals surface area contributed by atoms with Crippen molar-refractivity contribution >= 4 is 33.4 Å². The van der Waals surface area contributed by atoms with Gasteiger partial charge in [0.15, 0.2) is 0 Å². The Bertz CT molecular complexity index is 357. The van der Waals surface area contributed by atoms with E-state index < -0.39 is 11.9 Å². The minimum atomic E-state index is -0.447. The topological polar surface area (TPSA) is 69.1 Å². The molecule has 0 fully saturated rings. The van der Waals surface area contributed by atoms with Gasteiger partial charge in [-0.15, -0.1) is 0 Å². The fourth-order valence-electron chi connectivity index (χ4n) is 1.13. The van der Waals surface area contributed by atoms with Gasteiger partial charge in [0.05, 0.1) is 0 Å². The maximum absolute atomic E-state index is 10.7. The molecule has 0 spiro atoms. The van der Waals surface area contributed by atoms with Gasteiger partial charge in [-0.1, -0.05) is 27.5 Å². The molecule has 0 saturated heterocycles. The second kappa shape index (κ2) is 4.77. The van der Waals surface area contributed by atoms with E-state index in [1.54, 1.807) is 12.1 Å². The predicted molar refractivity (Wildman–Crippen MR) is 59.9 cm³/mol. The molecule has 0 aliphatic carbocycles. The van der Waals surface area contributed by atoms with Crippen molar-refractivity contribution in [1.82, 2.24) is 0 Å². The lowest BCUT2D eigenvalue weighted by Crippen LogP contribution is -2.20. The summed E-state index contributed by atoms with van der Waals surface area (Å²) in [6, 6.07) is 4.87. The summed E-state index contributed by atoms with van der Waals surface area (Å²) in [5.41, 5.74) is 11.5. The smallest absolute Gasteiger partial charge is 0.219 e. The van der Waals surface area contributed by atoms with Crippen molar-refractivity contribution in [2.45, 2.75) is 12.5 Å². The molecule has 0 aliphatic rings. The van der Waals surface area contributed by atoms with Gasteiger partial charge in [-0.3, -0.25) is 4.79 Å². The van der Waals surface area contributed by atoms with Crippen molar-refractivity contribution in [2.75, 3.05) is 0 Å². The number of nitrogens with two attached hydrogens (primary N) is 2. The highest BCUT2D eigenvalue weighted by Gasteiger charge is 2.12. The molecule has 0 heterocycles. The summed E-state index contributed by atoms with van der Waals surface area (Å²) >= 11 is 9.22. The van der Waals surface area contributed by atoms with Crippen LogP contribution in [0.15, 0.2) is 22.7 Å². The second-order valence-electron chi connectivity index (χ2n) is 2.94. The van der Waals surface area contributed by atoms with Gasteiger partial charge in [0.1, 0.15) is 0 Å². The molecule has 1 atom stereocenters. The Morgan fingerprint density at radius 2 is 2.21 bits per heavy atom. The predicted octanol–water partition coefficient (Wildman–Crippen LogP) is 1.98. The molecule has 1 rings (SSSR count). The second-order valence-corrected chi connectivity index (χ2v) is 4.27. The van der Waals surface area contributed by atoms with Crippen LogP contribution in [0.4, 0.5) is 0 Å². The van der Waals surface area contributed by atoms with E-state index >= 15 is 0 Å². The Kier molecular flexibility index (Phi) is 3.92. The molecule has 0 bridgehead atoms. The van der Waals surface area contributed by atoms with Crippen LogP contribution in [0.5, 0.6) is 0 Å². The number of primary amides is 1. The molecule has 4 N–H and O–H groups in total. The number of carbonyl (C=O) groups excluding carboxylic acids is 1.